The van der Waals surface area contributed by atoms with Crippen LogP contribution in [0.15, 0.2) is 17.3 Å². The summed E-state index contributed by atoms with van der Waals surface area (Å²) in [7, 11) is 1.32. The van der Waals surface area contributed by atoms with E-state index in [1.54, 1.807) is 6.07 Å². The molecule has 1 aromatic heterocycles. The normalized spacial score (nSPS) is 19.5. The van der Waals surface area contributed by atoms with Crippen molar-refractivity contribution in [3.63, 3.8) is 0 Å². The van der Waals surface area contributed by atoms with Crippen LogP contribution in [-0.4, -0.2) is 54.6 Å². The second-order valence-corrected chi connectivity index (χ2v) is 5.12. The Balaban J connectivity index is 2.37. The van der Waals surface area contributed by atoms with Crippen molar-refractivity contribution in [2.24, 2.45) is 4.99 Å². The molecule has 7 heteroatoms. The van der Waals surface area contributed by atoms with E-state index in [-0.39, 0.29) is 11.2 Å². The fraction of sp³-hybridized carbons (Fsp3) is 0.500. The van der Waals surface area contributed by atoms with Crippen LogP contribution in [0.25, 0.3) is 0 Å². The standard InChI is InChI=1S/C14H18ClN3O3/c1-9-8-21-7-6-18(9)10(2)17-12-11(14(19)20-3)4-5-16-13(12)15/h4-5,9H,6-8H2,1-3H3/t9-/m1/s1. The molecule has 0 radical (unpaired) electrons. The van der Waals surface area contributed by atoms with Crippen molar-refractivity contribution in [3.05, 3.63) is 23.0 Å². The minimum atomic E-state index is -0.485. The molecule has 0 aromatic carbocycles. The Kier molecular flexibility index (Phi) is 5.14. The molecule has 0 amide bonds. The number of pyridine rings is 1. The number of halogens is 1. The number of aliphatic imine (C=N–C) groups is 1. The van der Waals surface area contributed by atoms with Crippen molar-refractivity contribution in [3.8, 4) is 0 Å². The number of esters is 1. The fourth-order valence-electron chi connectivity index (χ4n) is 2.24. The number of carbonyl (C=O) groups is 1. The summed E-state index contributed by atoms with van der Waals surface area (Å²) in [4.78, 5) is 22.4. The Labute approximate surface area is 128 Å². The zero-order chi connectivity index (χ0) is 15.4. The van der Waals surface area contributed by atoms with E-state index in [1.807, 2.05) is 6.92 Å². The van der Waals surface area contributed by atoms with E-state index in [4.69, 9.17) is 21.1 Å². The van der Waals surface area contributed by atoms with E-state index in [2.05, 4.69) is 21.8 Å². The van der Waals surface area contributed by atoms with Crippen LogP contribution in [0, 0.1) is 0 Å². The summed E-state index contributed by atoms with van der Waals surface area (Å²) in [5, 5.41) is 0.179. The molecular formula is C14H18ClN3O3. The molecule has 0 N–H and O–H groups in total. The smallest absolute Gasteiger partial charge is 0.340 e. The van der Waals surface area contributed by atoms with Crippen LogP contribution in [0.5, 0.6) is 0 Å². The number of methoxy groups -OCH3 is 1. The summed E-state index contributed by atoms with van der Waals surface area (Å²) in [6.45, 7) is 6.00. The molecule has 21 heavy (non-hydrogen) atoms. The third-order valence-electron chi connectivity index (χ3n) is 3.34. The third kappa shape index (κ3) is 3.51. The zero-order valence-corrected chi connectivity index (χ0v) is 13.1. The third-order valence-corrected chi connectivity index (χ3v) is 3.62. The highest BCUT2D eigenvalue weighted by Crippen LogP contribution is 2.28. The van der Waals surface area contributed by atoms with Crippen molar-refractivity contribution >= 4 is 29.1 Å². The maximum atomic E-state index is 11.8. The van der Waals surface area contributed by atoms with Gasteiger partial charge in [-0.1, -0.05) is 11.6 Å². The molecule has 1 atom stereocenters. The molecule has 0 unspecified atom stereocenters. The molecule has 2 heterocycles. The van der Waals surface area contributed by atoms with E-state index in [0.29, 0.717) is 24.5 Å². The van der Waals surface area contributed by atoms with Gasteiger partial charge in [-0.2, -0.15) is 0 Å². The average molecular weight is 312 g/mol. The van der Waals surface area contributed by atoms with Crippen LogP contribution < -0.4 is 0 Å². The van der Waals surface area contributed by atoms with Gasteiger partial charge in [0.25, 0.3) is 0 Å². The molecule has 1 aliphatic rings. The van der Waals surface area contributed by atoms with Crippen molar-refractivity contribution in [2.75, 3.05) is 26.9 Å². The van der Waals surface area contributed by atoms with Crippen molar-refractivity contribution in [1.82, 2.24) is 9.88 Å². The van der Waals surface area contributed by atoms with Crippen molar-refractivity contribution in [2.45, 2.75) is 19.9 Å². The minimum absolute atomic E-state index is 0.179. The van der Waals surface area contributed by atoms with Gasteiger partial charge in [0.05, 0.1) is 31.9 Å². The maximum absolute atomic E-state index is 11.8. The predicted molar refractivity (Wildman–Crippen MR) is 80.3 cm³/mol. The van der Waals surface area contributed by atoms with Crippen LogP contribution in [0.3, 0.4) is 0 Å². The van der Waals surface area contributed by atoms with Gasteiger partial charge in [-0.05, 0) is 19.9 Å². The van der Waals surface area contributed by atoms with Gasteiger partial charge in [-0.15, -0.1) is 0 Å². The van der Waals surface area contributed by atoms with E-state index in [0.717, 1.165) is 12.4 Å². The van der Waals surface area contributed by atoms with E-state index >= 15 is 0 Å². The second kappa shape index (κ2) is 6.87. The van der Waals surface area contributed by atoms with Gasteiger partial charge in [0, 0.05) is 12.7 Å². The molecule has 1 aromatic rings. The number of hydrogen-bond donors (Lipinski definition) is 0. The van der Waals surface area contributed by atoms with E-state index in [1.165, 1.54) is 13.3 Å². The van der Waals surface area contributed by atoms with Crippen LogP contribution in [0.2, 0.25) is 5.15 Å². The molecule has 114 valence electrons. The summed E-state index contributed by atoms with van der Waals surface area (Å²) >= 11 is 6.08. The molecule has 0 bridgehead atoms. The predicted octanol–water partition coefficient (Wildman–Crippen LogP) is 2.29. The monoisotopic (exact) mass is 311 g/mol. The van der Waals surface area contributed by atoms with E-state index < -0.39 is 5.97 Å². The lowest BCUT2D eigenvalue weighted by Gasteiger charge is -2.34. The largest absolute Gasteiger partial charge is 0.465 e. The summed E-state index contributed by atoms with van der Waals surface area (Å²) in [5.74, 6) is 0.284. The second-order valence-electron chi connectivity index (χ2n) is 4.77. The van der Waals surface area contributed by atoms with Gasteiger partial charge in [-0.25, -0.2) is 14.8 Å². The number of ether oxygens (including phenoxy) is 2. The first-order valence-electron chi connectivity index (χ1n) is 6.67. The SMILES string of the molecule is COC(=O)c1ccnc(Cl)c1N=C(C)N1CCOC[C@H]1C. The van der Waals surface area contributed by atoms with Crippen LogP contribution >= 0.6 is 11.6 Å². The summed E-state index contributed by atoms with van der Waals surface area (Å²) in [5.41, 5.74) is 0.639. The van der Waals surface area contributed by atoms with Crippen molar-refractivity contribution in [1.29, 1.82) is 0 Å². The number of amidine groups is 1. The Morgan fingerprint density at radius 2 is 2.38 bits per heavy atom. The maximum Gasteiger partial charge on any atom is 0.340 e. The molecule has 0 spiro atoms. The van der Waals surface area contributed by atoms with Gasteiger partial charge in [0.2, 0.25) is 0 Å². The molecule has 0 saturated carbocycles. The van der Waals surface area contributed by atoms with Gasteiger partial charge >= 0.3 is 5.97 Å². The molecule has 1 saturated heterocycles. The lowest BCUT2D eigenvalue weighted by molar-refractivity contribution is 0.0330. The minimum Gasteiger partial charge on any atom is -0.465 e. The Hall–Kier alpha value is -1.66. The lowest BCUT2D eigenvalue weighted by Crippen LogP contribution is -2.46. The Morgan fingerprint density at radius 1 is 1.62 bits per heavy atom. The topological polar surface area (TPSA) is 64.0 Å². The molecule has 6 nitrogen and oxygen atoms in total. The van der Waals surface area contributed by atoms with Crippen LogP contribution in [0.1, 0.15) is 24.2 Å². The Morgan fingerprint density at radius 3 is 3.05 bits per heavy atom. The highest BCUT2D eigenvalue weighted by Gasteiger charge is 2.21. The fourth-order valence-corrected chi connectivity index (χ4v) is 2.44. The number of aromatic nitrogens is 1. The number of hydrogen-bond acceptors (Lipinski definition) is 5. The number of morpholine rings is 1. The Bertz CT molecular complexity index is 562. The summed E-state index contributed by atoms with van der Waals surface area (Å²) < 4.78 is 10.2. The molecule has 1 aliphatic heterocycles. The highest BCUT2D eigenvalue weighted by molar-refractivity contribution is 6.32. The highest BCUT2D eigenvalue weighted by atomic mass is 35.5. The first-order valence-corrected chi connectivity index (χ1v) is 7.05. The van der Waals surface area contributed by atoms with Gasteiger partial charge in [-0.3, -0.25) is 0 Å². The quantitative estimate of drug-likeness (QED) is 0.363. The molecule has 1 fully saturated rings. The zero-order valence-electron chi connectivity index (χ0n) is 12.3. The molecular weight excluding hydrogens is 294 g/mol. The van der Waals surface area contributed by atoms with Gasteiger partial charge < -0.3 is 14.4 Å². The van der Waals surface area contributed by atoms with Crippen LogP contribution in [0.4, 0.5) is 5.69 Å². The van der Waals surface area contributed by atoms with Gasteiger partial charge in [0.15, 0.2) is 5.15 Å². The lowest BCUT2D eigenvalue weighted by atomic mass is 10.2. The summed E-state index contributed by atoms with van der Waals surface area (Å²) in [6.07, 6.45) is 1.46. The number of carbonyl (C=O) groups excluding carboxylic acids is 1. The number of nitrogens with zero attached hydrogens (tertiary/aromatic N) is 3. The molecule has 0 aliphatic carbocycles. The van der Waals surface area contributed by atoms with Crippen molar-refractivity contribution < 1.29 is 14.3 Å². The van der Waals surface area contributed by atoms with Gasteiger partial charge in [0.1, 0.15) is 11.5 Å². The average Bonchev–Trinajstić information content (AvgIpc) is 2.48. The first kappa shape index (κ1) is 15.7. The number of rotatable bonds is 2. The van der Waals surface area contributed by atoms with E-state index in [9.17, 15) is 4.79 Å². The molecule has 2 rings (SSSR count). The summed E-state index contributed by atoms with van der Waals surface area (Å²) in [6, 6.07) is 1.77. The van der Waals surface area contributed by atoms with Crippen LogP contribution in [-0.2, 0) is 9.47 Å². The first-order chi connectivity index (χ1) is 10.0.